The average molecular weight is 457 g/mol. The van der Waals surface area contributed by atoms with Crippen LogP contribution in [0.25, 0.3) is 11.3 Å². The fraction of sp³-hybridized carbons (Fsp3) is 0.286. The number of esters is 1. The third kappa shape index (κ3) is 4.70. The summed E-state index contributed by atoms with van der Waals surface area (Å²) in [4.78, 5) is 40.9. The molecule has 4 rings (SSSR count). The summed E-state index contributed by atoms with van der Waals surface area (Å²) in [5, 5.41) is 11.6. The Hall–Kier alpha value is -2.98. The smallest absolute Gasteiger partial charge is 0.341 e. The Balaban J connectivity index is 1.44. The minimum atomic E-state index is -0.436. The number of thiophene rings is 1. The molecule has 1 aromatic carbocycles. The van der Waals surface area contributed by atoms with E-state index in [2.05, 4.69) is 20.5 Å². The van der Waals surface area contributed by atoms with E-state index in [9.17, 15) is 14.4 Å². The lowest BCUT2D eigenvalue weighted by Crippen LogP contribution is -2.18. The van der Waals surface area contributed by atoms with Gasteiger partial charge >= 0.3 is 5.97 Å². The zero-order valence-electron chi connectivity index (χ0n) is 16.8. The van der Waals surface area contributed by atoms with E-state index in [0.29, 0.717) is 16.1 Å². The second kappa shape index (κ2) is 9.44. The van der Waals surface area contributed by atoms with Gasteiger partial charge in [-0.05, 0) is 31.2 Å². The molecule has 0 fully saturated rings. The molecule has 0 saturated heterocycles. The minimum absolute atomic E-state index is 0.0124. The first kappa shape index (κ1) is 21.3. The van der Waals surface area contributed by atoms with Crippen LogP contribution < -0.4 is 10.9 Å². The fourth-order valence-electron chi connectivity index (χ4n) is 3.44. The van der Waals surface area contributed by atoms with E-state index in [-0.39, 0.29) is 28.1 Å². The van der Waals surface area contributed by atoms with Crippen molar-refractivity contribution < 1.29 is 14.3 Å². The summed E-state index contributed by atoms with van der Waals surface area (Å²) in [7, 11) is 1.34. The van der Waals surface area contributed by atoms with Crippen LogP contribution in [0.15, 0.2) is 40.3 Å². The molecule has 31 heavy (non-hydrogen) atoms. The number of aryl methyl sites for hydroxylation is 1. The van der Waals surface area contributed by atoms with Crippen molar-refractivity contribution in [1.29, 1.82) is 0 Å². The number of hydrogen-bond acceptors (Lipinski definition) is 8. The van der Waals surface area contributed by atoms with Gasteiger partial charge in [0.1, 0.15) is 5.00 Å². The summed E-state index contributed by atoms with van der Waals surface area (Å²) in [5.74, 6) is -0.726. The molecule has 3 aromatic rings. The minimum Gasteiger partial charge on any atom is -0.465 e. The van der Waals surface area contributed by atoms with Crippen LogP contribution in [0.3, 0.4) is 0 Å². The largest absolute Gasteiger partial charge is 0.465 e. The van der Waals surface area contributed by atoms with Gasteiger partial charge in [-0.25, -0.2) is 4.79 Å². The highest BCUT2D eigenvalue weighted by Crippen LogP contribution is 2.38. The molecule has 10 heteroatoms. The highest BCUT2D eigenvalue weighted by molar-refractivity contribution is 7.99. The highest BCUT2D eigenvalue weighted by atomic mass is 32.2. The Labute approximate surface area is 186 Å². The monoisotopic (exact) mass is 456 g/mol. The first-order valence-corrected chi connectivity index (χ1v) is 11.5. The Morgan fingerprint density at radius 1 is 1.19 bits per heavy atom. The van der Waals surface area contributed by atoms with Crippen molar-refractivity contribution in [2.24, 2.45) is 0 Å². The van der Waals surface area contributed by atoms with Gasteiger partial charge in [0.15, 0.2) is 10.9 Å². The Bertz CT molecular complexity index is 1170. The number of H-pyrrole nitrogens is 1. The molecule has 160 valence electrons. The number of carbonyl (C=O) groups excluding carboxylic acids is 2. The zero-order valence-corrected chi connectivity index (χ0v) is 18.4. The molecule has 8 nitrogen and oxygen atoms in total. The molecular weight excluding hydrogens is 436 g/mol. The van der Waals surface area contributed by atoms with Gasteiger partial charge < -0.3 is 10.1 Å². The molecule has 1 amide bonds. The molecule has 0 unspecified atom stereocenters. The SMILES string of the molecule is COC(=O)c1c(NC(=O)CSc2nnc(-c3ccccc3)c(=O)[nH]2)sc2c1CCCC2. The van der Waals surface area contributed by atoms with Gasteiger partial charge in [0.2, 0.25) is 5.91 Å². The molecule has 2 aromatic heterocycles. The Morgan fingerprint density at radius 3 is 2.71 bits per heavy atom. The highest BCUT2D eigenvalue weighted by Gasteiger charge is 2.27. The lowest BCUT2D eigenvalue weighted by Gasteiger charge is -2.11. The number of carbonyl (C=O) groups is 2. The van der Waals surface area contributed by atoms with E-state index in [4.69, 9.17) is 4.74 Å². The predicted octanol–water partition coefficient (Wildman–Crippen LogP) is 3.29. The number of ether oxygens (including phenoxy) is 1. The fourth-order valence-corrected chi connectivity index (χ4v) is 5.34. The van der Waals surface area contributed by atoms with Crippen LogP contribution in [0.4, 0.5) is 5.00 Å². The molecule has 2 heterocycles. The van der Waals surface area contributed by atoms with Crippen LogP contribution in [-0.2, 0) is 22.4 Å². The molecule has 0 atom stereocenters. The summed E-state index contributed by atoms with van der Waals surface area (Å²) in [6.07, 6.45) is 3.80. The third-order valence-corrected chi connectivity index (χ3v) is 6.95. The van der Waals surface area contributed by atoms with Crippen LogP contribution >= 0.6 is 23.1 Å². The number of rotatable bonds is 6. The van der Waals surface area contributed by atoms with Crippen LogP contribution in [0.2, 0.25) is 0 Å². The van der Waals surface area contributed by atoms with Gasteiger partial charge in [-0.2, -0.15) is 0 Å². The molecule has 1 aliphatic rings. The number of nitrogens with zero attached hydrogens (tertiary/aromatic N) is 2. The van der Waals surface area contributed by atoms with E-state index in [1.807, 2.05) is 18.2 Å². The second-order valence-corrected chi connectivity index (χ2v) is 8.99. The molecule has 0 saturated carbocycles. The van der Waals surface area contributed by atoms with Crippen molar-refractivity contribution in [2.45, 2.75) is 30.8 Å². The molecule has 0 spiro atoms. The maximum Gasteiger partial charge on any atom is 0.341 e. The number of aromatic nitrogens is 3. The maximum atomic E-state index is 12.5. The first-order valence-electron chi connectivity index (χ1n) is 9.74. The van der Waals surface area contributed by atoms with E-state index in [0.717, 1.165) is 47.9 Å². The predicted molar refractivity (Wildman–Crippen MR) is 120 cm³/mol. The lowest BCUT2D eigenvalue weighted by molar-refractivity contribution is -0.113. The van der Waals surface area contributed by atoms with E-state index < -0.39 is 5.97 Å². The van der Waals surface area contributed by atoms with Crippen LogP contribution in [-0.4, -0.2) is 39.9 Å². The van der Waals surface area contributed by atoms with Gasteiger partial charge in [0.25, 0.3) is 5.56 Å². The number of amides is 1. The summed E-state index contributed by atoms with van der Waals surface area (Å²) in [5.41, 5.74) is 1.96. The number of aromatic amines is 1. The number of methoxy groups -OCH3 is 1. The van der Waals surface area contributed by atoms with Gasteiger partial charge in [-0.15, -0.1) is 21.5 Å². The molecule has 0 radical (unpaired) electrons. The summed E-state index contributed by atoms with van der Waals surface area (Å²) in [6.45, 7) is 0. The maximum absolute atomic E-state index is 12.5. The zero-order chi connectivity index (χ0) is 21.8. The Morgan fingerprint density at radius 2 is 1.97 bits per heavy atom. The van der Waals surface area contributed by atoms with Crippen molar-refractivity contribution in [3.05, 3.63) is 56.7 Å². The summed E-state index contributed by atoms with van der Waals surface area (Å²) >= 11 is 2.50. The van der Waals surface area contributed by atoms with E-state index >= 15 is 0 Å². The van der Waals surface area contributed by atoms with Gasteiger partial charge in [-0.3, -0.25) is 14.6 Å². The normalized spacial score (nSPS) is 12.8. The molecule has 0 bridgehead atoms. The number of nitrogens with one attached hydrogen (secondary N) is 2. The van der Waals surface area contributed by atoms with Crippen LogP contribution in [0, 0.1) is 0 Å². The van der Waals surface area contributed by atoms with Gasteiger partial charge in [0, 0.05) is 10.4 Å². The second-order valence-electron chi connectivity index (χ2n) is 6.92. The number of benzene rings is 1. The molecule has 0 aliphatic heterocycles. The molecule has 2 N–H and O–H groups in total. The standard InChI is InChI=1S/C21H20N4O4S2/c1-29-20(28)16-13-9-5-6-10-14(13)31-19(16)22-15(26)11-30-21-23-18(27)17(24-25-21)12-7-3-2-4-8-12/h2-4,7-8H,5-6,9-11H2,1H3,(H,22,26)(H,23,25,27). The lowest BCUT2D eigenvalue weighted by atomic mass is 9.95. The Kier molecular flexibility index (Phi) is 6.47. The average Bonchev–Trinajstić information content (AvgIpc) is 3.15. The van der Waals surface area contributed by atoms with E-state index in [1.54, 1.807) is 12.1 Å². The van der Waals surface area contributed by atoms with Crippen molar-refractivity contribution in [2.75, 3.05) is 18.2 Å². The summed E-state index contributed by atoms with van der Waals surface area (Å²) < 4.78 is 4.93. The van der Waals surface area contributed by atoms with E-state index in [1.165, 1.54) is 18.4 Å². The number of hydrogen-bond donors (Lipinski definition) is 2. The number of thioether (sulfide) groups is 1. The molecular formula is C21H20N4O4S2. The van der Waals surface area contributed by atoms with Crippen LogP contribution in [0.1, 0.15) is 33.6 Å². The topological polar surface area (TPSA) is 114 Å². The van der Waals surface area contributed by atoms with Crippen molar-refractivity contribution in [1.82, 2.24) is 15.2 Å². The molecule has 1 aliphatic carbocycles. The van der Waals surface area contributed by atoms with Gasteiger partial charge in [-0.1, -0.05) is 42.1 Å². The quantitative estimate of drug-likeness (QED) is 0.432. The van der Waals surface area contributed by atoms with Crippen molar-refractivity contribution in [3.63, 3.8) is 0 Å². The van der Waals surface area contributed by atoms with Crippen molar-refractivity contribution >= 4 is 40.0 Å². The van der Waals surface area contributed by atoms with Crippen molar-refractivity contribution in [3.8, 4) is 11.3 Å². The first-order chi connectivity index (χ1) is 15.1. The number of fused-ring (bicyclic) bond motifs is 1. The van der Waals surface area contributed by atoms with Crippen LogP contribution in [0.5, 0.6) is 0 Å². The number of anilines is 1. The van der Waals surface area contributed by atoms with Gasteiger partial charge in [0.05, 0.1) is 18.4 Å². The third-order valence-electron chi connectivity index (χ3n) is 4.88. The summed E-state index contributed by atoms with van der Waals surface area (Å²) in [6, 6.07) is 9.03.